The summed E-state index contributed by atoms with van der Waals surface area (Å²) in [6.45, 7) is 6.62. The van der Waals surface area contributed by atoms with E-state index in [0.717, 1.165) is 21.5 Å². The largest absolute Gasteiger partial charge is 0.482 e. The van der Waals surface area contributed by atoms with Gasteiger partial charge in [-0.25, -0.2) is 0 Å². The second-order valence-electron chi connectivity index (χ2n) is 4.21. The molecule has 1 unspecified atom stereocenters. The van der Waals surface area contributed by atoms with Gasteiger partial charge in [0, 0.05) is 17.1 Å². The molecule has 0 radical (unpaired) electrons. The second-order valence-corrected chi connectivity index (χ2v) is 5.33. The average molecular weight is 311 g/mol. The predicted octanol–water partition coefficient (Wildman–Crippen LogP) is 2.58. The van der Waals surface area contributed by atoms with Gasteiger partial charge >= 0.3 is 0 Å². The van der Waals surface area contributed by atoms with Gasteiger partial charge in [0.2, 0.25) is 0 Å². The van der Waals surface area contributed by atoms with Gasteiger partial charge in [-0.1, -0.05) is 28.6 Å². The molecule has 1 aliphatic rings. The van der Waals surface area contributed by atoms with E-state index in [0.29, 0.717) is 6.54 Å². The molecule has 2 rings (SSSR count). The zero-order chi connectivity index (χ0) is 13.1. The number of hydrogen-bond donors (Lipinski definition) is 2. The normalized spacial score (nSPS) is 15.3. The van der Waals surface area contributed by atoms with Crippen LogP contribution in [-0.2, 0) is 4.79 Å². The van der Waals surface area contributed by atoms with E-state index in [-0.39, 0.29) is 18.6 Å². The van der Waals surface area contributed by atoms with E-state index >= 15 is 0 Å². The number of hydrogen-bond acceptors (Lipinski definition) is 3. The third-order valence-corrected chi connectivity index (χ3v) is 3.02. The summed E-state index contributed by atoms with van der Waals surface area (Å²) in [6, 6.07) is 5.97. The van der Waals surface area contributed by atoms with Crippen molar-refractivity contribution in [3.63, 3.8) is 0 Å². The number of carbonyl (C=O) groups is 1. The molecule has 2 N–H and O–H groups in total. The third kappa shape index (κ3) is 3.11. The minimum Gasteiger partial charge on any atom is -0.482 e. The Bertz CT molecular complexity index is 488. The Morgan fingerprint density at radius 2 is 2.44 bits per heavy atom. The first-order valence-electron chi connectivity index (χ1n) is 5.69. The molecule has 1 atom stereocenters. The maximum Gasteiger partial charge on any atom is 0.262 e. The highest BCUT2D eigenvalue weighted by molar-refractivity contribution is 9.11. The SMILES string of the molecule is C=C(Br)CNC(C)c1ccc2c(c1)NC(=O)CO2. The van der Waals surface area contributed by atoms with Crippen molar-refractivity contribution in [3.05, 3.63) is 34.8 Å². The Morgan fingerprint density at radius 1 is 1.67 bits per heavy atom. The molecule has 1 aromatic rings. The Balaban J connectivity index is 2.12. The first-order chi connectivity index (χ1) is 8.56. The highest BCUT2D eigenvalue weighted by Crippen LogP contribution is 2.30. The molecule has 0 fully saturated rings. The lowest BCUT2D eigenvalue weighted by molar-refractivity contribution is -0.118. The number of halogens is 1. The Labute approximate surface area is 115 Å². The van der Waals surface area contributed by atoms with E-state index in [9.17, 15) is 4.79 Å². The van der Waals surface area contributed by atoms with Gasteiger partial charge in [0.25, 0.3) is 5.91 Å². The quantitative estimate of drug-likeness (QED) is 0.898. The molecule has 0 aromatic heterocycles. The topological polar surface area (TPSA) is 50.4 Å². The second kappa shape index (κ2) is 5.54. The summed E-state index contributed by atoms with van der Waals surface area (Å²) in [4.78, 5) is 11.3. The maximum atomic E-state index is 11.3. The van der Waals surface area contributed by atoms with Gasteiger partial charge in [0.05, 0.1) is 5.69 Å². The number of carbonyl (C=O) groups excluding carboxylic acids is 1. The van der Waals surface area contributed by atoms with E-state index in [2.05, 4.69) is 40.1 Å². The van der Waals surface area contributed by atoms with Crippen molar-refractivity contribution in [2.45, 2.75) is 13.0 Å². The van der Waals surface area contributed by atoms with E-state index < -0.39 is 0 Å². The Hall–Kier alpha value is -1.33. The predicted molar refractivity (Wildman–Crippen MR) is 75.1 cm³/mol. The molecule has 4 nitrogen and oxygen atoms in total. The Morgan fingerprint density at radius 3 is 3.17 bits per heavy atom. The van der Waals surface area contributed by atoms with Crippen LogP contribution in [0.25, 0.3) is 0 Å². The highest BCUT2D eigenvalue weighted by Gasteiger charge is 2.17. The number of fused-ring (bicyclic) bond motifs is 1. The zero-order valence-corrected chi connectivity index (χ0v) is 11.7. The zero-order valence-electron chi connectivity index (χ0n) is 10.1. The van der Waals surface area contributed by atoms with E-state index in [1.165, 1.54) is 0 Å². The summed E-state index contributed by atoms with van der Waals surface area (Å²) in [5.74, 6) is 0.601. The molecule has 0 saturated heterocycles. The molecule has 1 aromatic carbocycles. The highest BCUT2D eigenvalue weighted by atomic mass is 79.9. The molecule has 18 heavy (non-hydrogen) atoms. The van der Waals surface area contributed by atoms with Crippen LogP contribution >= 0.6 is 15.9 Å². The van der Waals surface area contributed by atoms with Crippen LogP contribution in [0.1, 0.15) is 18.5 Å². The fourth-order valence-electron chi connectivity index (χ4n) is 1.75. The molecule has 0 bridgehead atoms. The van der Waals surface area contributed by atoms with Crippen molar-refractivity contribution in [1.82, 2.24) is 5.32 Å². The molecule has 0 saturated carbocycles. The van der Waals surface area contributed by atoms with Crippen molar-refractivity contribution in [1.29, 1.82) is 0 Å². The summed E-state index contributed by atoms with van der Waals surface area (Å²) in [5.41, 5.74) is 1.82. The van der Waals surface area contributed by atoms with Crippen LogP contribution in [0, 0.1) is 0 Å². The lowest BCUT2D eigenvalue weighted by atomic mass is 10.1. The molecular formula is C13H15BrN2O2. The van der Waals surface area contributed by atoms with E-state index in [1.54, 1.807) is 0 Å². The van der Waals surface area contributed by atoms with Crippen LogP contribution < -0.4 is 15.4 Å². The van der Waals surface area contributed by atoms with Crippen molar-refractivity contribution in [3.8, 4) is 5.75 Å². The van der Waals surface area contributed by atoms with E-state index in [1.807, 2.05) is 18.2 Å². The number of anilines is 1. The standard InChI is InChI=1S/C13H15BrN2O2/c1-8(14)6-15-9(2)10-3-4-12-11(5-10)16-13(17)7-18-12/h3-5,9,15H,1,6-7H2,2H3,(H,16,17). The van der Waals surface area contributed by atoms with Gasteiger partial charge < -0.3 is 15.4 Å². The molecule has 0 spiro atoms. The third-order valence-electron chi connectivity index (χ3n) is 2.74. The number of benzene rings is 1. The monoisotopic (exact) mass is 310 g/mol. The van der Waals surface area contributed by atoms with Crippen LogP contribution in [0.15, 0.2) is 29.3 Å². The van der Waals surface area contributed by atoms with Crippen LogP contribution in [-0.4, -0.2) is 19.1 Å². The summed E-state index contributed by atoms with van der Waals surface area (Å²) >= 11 is 3.31. The summed E-state index contributed by atoms with van der Waals surface area (Å²) in [7, 11) is 0. The van der Waals surface area contributed by atoms with Crippen LogP contribution in [0.5, 0.6) is 5.75 Å². The minimum absolute atomic E-state index is 0.0869. The lowest BCUT2D eigenvalue weighted by Gasteiger charge is -2.20. The minimum atomic E-state index is -0.117. The van der Waals surface area contributed by atoms with Crippen molar-refractivity contribution in [2.24, 2.45) is 0 Å². The molecule has 1 heterocycles. The van der Waals surface area contributed by atoms with E-state index in [4.69, 9.17) is 4.74 Å². The number of rotatable bonds is 4. The molecule has 96 valence electrons. The van der Waals surface area contributed by atoms with Crippen molar-refractivity contribution in [2.75, 3.05) is 18.5 Å². The Kier molecular flexibility index (Phi) is 4.04. The maximum absolute atomic E-state index is 11.3. The van der Waals surface area contributed by atoms with Gasteiger partial charge in [-0.2, -0.15) is 0 Å². The van der Waals surface area contributed by atoms with Gasteiger partial charge in [-0.15, -0.1) is 0 Å². The summed E-state index contributed by atoms with van der Waals surface area (Å²) in [6.07, 6.45) is 0. The van der Waals surface area contributed by atoms with Crippen molar-refractivity contribution < 1.29 is 9.53 Å². The van der Waals surface area contributed by atoms with Crippen LogP contribution in [0.3, 0.4) is 0 Å². The van der Waals surface area contributed by atoms with Crippen LogP contribution in [0.4, 0.5) is 5.69 Å². The molecule has 5 heteroatoms. The smallest absolute Gasteiger partial charge is 0.262 e. The molecule has 1 aliphatic heterocycles. The lowest BCUT2D eigenvalue weighted by Crippen LogP contribution is -2.26. The molecular weight excluding hydrogens is 296 g/mol. The first-order valence-corrected chi connectivity index (χ1v) is 6.49. The molecule has 1 amide bonds. The number of nitrogens with one attached hydrogen (secondary N) is 2. The van der Waals surface area contributed by atoms with Gasteiger partial charge in [-0.05, 0) is 24.6 Å². The van der Waals surface area contributed by atoms with Crippen LogP contribution in [0.2, 0.25) is 0 Å². The van der Waals surface area contributed by atoms with Gasteiger partial charge in [0.15, 0.2) is 6.61 Å². The average Bonchev–Trinajstić information content (AvgIpc) is 2.34. The fourth-order valence-corrected chi connectivity index (χ4v) is 1.91. The number of ether oxygens (including phenoxy) is 1. The van der Waals surface area contributed by atoms with Gasteiger partial charge in [0.1, 0.15) is 5.75 Å². The number of amides is 1. The molecule has 0 aliphatic carbocycles. The van der Waals surface area contributed by atoms with Gasteiger partial charge in [-0.3, -0.25) is 4.79 Å². The first kappa shape index (κ1) is 13.1. The summed E-state index contributed by atoms with van der Waals surface area (Å²) in [5, 5.41) is 6.12. The summed E-state index contributed by atoms with van der Waals surface area (Å²) < 4.78 is 6.22. The van der Waals surface area contributed by atoms with Crippen molar-refractivity contribution >= 4 is 27.5 Å². The fraction of sp³-hybridized carbons (Fsp3) is 0.308.